The summed E-state index contributed by atoms with van der Waals surface area (Å²) in [5.41, 5.74) is -0.631. The summed E-state index contributed by atoms with van der Waals surface area (Å²) in [4.78, 5) is 12.2. The van der Waals surface area contributed by atoms with Crippen LogP contribution < -0.4 is 15.3 Å². The Labute approximate surface area is 107 Å². The quantitative estimate of drug-likeness (QED) is 0.897. The monoisotopic (exact) mass is 273 g/mol. The van der Waals surface area contributed by atoms with Crippen LogP contribution in [0.4, 0.5) is 29.3 Å². The highest BCUT2D eigenvalue weighted by atomic mass is 19.4. The maximum absolute atomic E-state index is 12.8. The average Bonchev–Trinajstić information content (AvgIpc) is 2.79. The van der Waals surface area contributed by atoms with E-state index in [1.54, 1.807) is 4.90 Å². The van der Waals surface area contributed by atoms with Crippen LogP contribution in [0.1, 0.15) is 18.4 Å². The molecule has 0 unspecified atom stereocenters. The predicted molar refractivity (Wildman–Crippen MR) is 61.9 cm³/mol. The van der Waals surface area contributed by atoms with Gasteiger partial charge >= 0.3 is 6.18 Å². The van der Waals surface area contributed by atoms with E-state index in [4.69, 9.17) is 0 Å². The summed E-state index contributed by atoms with van der Waals surface area (Å²) in [5.74, 6) is 0. The molecule has 0 aromatic heterocycles. The first kappa shape index (κ1) is 13.5. The summed E-state index contributed by atoms with van der Waals surface area (Å²) < 4.78 is 38.3. The summed E-state index contributed by atoms with van der Waals surface area (Å²) in [6.07, 6.45) is -4.32. The first-order valence-corrected chi connectivity index (χ1v) is 5.81. The number of carbonyl (C=O) groups excluding carboxylic acids is 1. The van der Waals surface area contributed by atoms with Gasteiger partial charge in [0.25, 0.3) is 0 Å². The molecule has 1 aliphatic heterocycles. The van der Waals surface area contributed by atoms with Crippen molar-refractivity contribution in [2.24, 2.45) is 0 Å². The van der Waals surface area contributed by atoms with Crippen molar-refractivity contribution in [2.75, 3.05) is 23.3 Å². The molecule has 1 aromatic rings. The van der Waals surface area contributed by atoms with Gasteiger partial charge in [-0.2, -0.15) is 13.2 Å². The van der Waals surface area contributed by atoms with Gasteiger partial charge in [0.1, 0.15) is 6.09 Å². The lowest BCUT2D eigenvalue weighted by Crippen LogP contribution is -2.29. The third-order valence-electron chi connectivity index (χ3n) is 2.96. The molecule has 0 atom stereocenters. The van der Waals surface area contributed by atoms with Crippen LogP contribution >= 0.6 is 0 Å². The van der Waals surface area contributed by atoms with Gasteiger partial charge in [0.05, 0.1) is 5.56 Å². The van der Waals surface area contributed by atoms with Crippen molar-refractivity contribution in [1.29, 1.82) is 0 Å². The second-order valence-corrected chi connectivity index (χ2v) is 4.37. The fraction of sp³-hybridized carbons (Fsp3) is 0.417. The topological polar surface area (TPSA) is 55.4 Å². The van der Waals surface area contributed by atoms with E-state index < -0.39 is 17.8 Å². The number of benzene rings is 1. The molecule has 1 heterocycles. The minimum atomic E-state index is -4.52. The number of nitrogens with zero attached hydrogens (tertiary/aromatic N) is 1. The number of carboxylic acid groups (broad SMARTS) is 1. The van der Waals surface area contributed by atoms with Gasteiger partial charge in [-0.25, -0.2) is 0 Å². The molecular formula is C12H12F3N2O2-. The molecular weight excluding hydrogens is 261 g/mol. The predicted octanol–water partition coefficient (Wildman–Crippen LogP) is 2.06. The van der Waals surface area contributed by atoms with E-state index in [0.717, 1.165) is 25.0 Å². The molecule has 0 aliphatic carbocycles. The lowest BCUT2D eigenvalue weighted by Gasteiger charge is -2.21. The number of hydrogen-bond acceptors (Lipinski definition) is 3. The zero-order valence-corrected chi connectivity index (χ0v) is 9.96. The first-order chi connectivity index (χ1) is 8.86. The number of alkyl halides is 3. The zero-order valence-electron chi connectivity index (χ0n) is 9.96. The fourth-order valence-electron chi connectivity index (χ4n) is 2.12. The highest BCUT2D eigenvalue weighted by molar-refractivity contribution is 5.82. The Kier molecular flexibility index (Phi) is 3.55. The summed E-state index contributed by atoms with van der Waals surface area (Å²) in [5, 5.41) is 12.3. The van der Waals surface area contributed by atoms with Crippen LogP contribution in [-0.4, -0.2) is 19.2 Å². The lowest BCUT2D eigenvalue weighted by molar-refractivity contribution is -0.242. The fourth-order valence-corrected chi connectivity index (χ4v) is 2.12. The van der Waals surface area contributed by atoms with Gasteiger partial charge in [0.15, 0.2) is 0 Å². The molecule has 0 bridgehead atoms. The van der Waals surface area contributed by atoms with E-state index in [2.05, 4.69) is 0 Å². The van der Waals surface area contributed by atoms with Crippen LogP contribution in [0.2, 0.25) is 0 Å². The van der Waals surface area contributed by atoms with Crippen molar-refractivity contribution in [3.05, 3.63) is 23.8 Å². The molecule has 4 nitrogen and oxygen atoms in total. The molecule has 0 saturated carbocycles. The first-order valence-electron chi connectivity index (χ1n) is 5.81. The van der Waals surface area contributed by atoms with E-state index in [0.29, 0.717) is 18.8 Å². The smallest absolute Gasteiger partial charge is 0.416 e. The second kappa shape index (κ2) is 4.99. The van der Waals surface area contributed by atoms with Crippen LogP contribution in [0.3, 0.4) is 0 Å². The van der Waals surface area contributed by atoms with Crippen molar-refractivity contribution in [1.82, 2.24) is 0 Å². The summed E-state index contributed by atoms with van der Waals surface area (Å²) in [6.45, 7) is 1.35. The normalized spacial score (nSPS) is 15.6. The molecule has 1 amide bonds. The van der Waals surface area contributed by atoms with Crippen LogP contribution in [0.25, 0.3) is 0 Å². The van der Waals surface area contributed by atoms with Gasteiger partial charge in [0.2, 0.25) is 0 Å². The number of nitrogens with one attached hydrogen (secondary N) is 1. The van der Waals surface area contributed by atoms with Gasteiger partial charge in [-0.3, -0.25) is 0 Å². The standard InChI is InChI=1S/C12H13F3N2O2/c13-12(14,15)8-5-9(16-11(18)19)7-10(6-8)17-3-1-2-4-17/h5-7,16H,1-4H2,(H,18,19)/p-1. The number of anilines is 2. The summed E-state index contributed by atoms with van der Waals surface area (Å²) >= 11 is 0. The van der Waals surface area contributed by atoms with Crippen molar-refractivity contribution < 1.29 is 23.1 Å². The van der Waals surface area contributed by atoms with E-state index in [-0.39, 0.29) is 5.69 Å². The maximum Gasteiger partial charge on any atom is 0.416 e. The van der Waals surface area contributed by atoms with Crippen molar-refractivity contribution in [2.45, 2.75) is 19.0 Å². The van der Waals surface area contributed by atoms with Crippen LogP contribution in [0, 0.1) is 0 Å². The van der Waals surface area contributed by atoms with Gasteiger partial charge < -0.3 is 20.1 Å². The number of rotatable bonds is 2. The number of hydrogen-bond donors (Lipinski definition) is 1. The molecule has 1 aliphatic rings. The highest BCUT2D eigenvalue weighted by Gasteiger charge is 2.32. The largest absolute Gasteiger partial charge is 0.530 e. The van der Waals surface area contributed by atoms with Crippen LogP contribution in [0.5, 0.6) is 0 Å². The zero-order chi connectivity index (χ0) is 14.0. The molecule has 0 radical (unpaired) electrons. The molecule has 7 heteroatoms. The number of halogens is 3. The number of carbonyl (C=O) groups is 1. The van der Waals surface area contributed by atoms with Gasteiger partial charge in [0, 0.05) is 24.5 Å². The third-order valence-corrected chi connectivity index (χ3v) is 2.96. The molecule has 1 aromatic carbocycles. The van der Waals surface area contributed by atoms with Gasteiger partial charge in [-0.15, -0.1) is 0 Å². The Morgan fingerprint density at radius 2 is 1.84 bits per heavy atom. The van der Waals surface area contributed by atoms with Crippen molar-refractivity contribution in [3.63, 3.8) is 0 Å². The Morgan fingerprint density at radius 1 is 1.21 bits per heavy atom. The van der Waals surface area contributed by atoms with Crippen LogP contribution in [-0.2, 0) is 6.18 Å². The van der Waals surface area contributed by atoms with Gasteiger partial charge in [-0.1, -0.05) is 0 Å². The third kappa shape index (κ3) is 3.30. The Balaban J connectivity index is 2.38. The minimum Gasteiger partial charge on any atom is -0.530 e. The van der Waals surface area contributed by atoms with Crippen molar-refractivity contribution >= 4 is 17.5 Å². The van der Waals surface area contributed by atoms with E-state index in [9.17, 15) is 23.1 Å². The Bertz CT molecular complexity index is 482. The summed E-state index contributed by atoms with van der Waals surface area (Å²) in [7, 11) is 0. The highest BCUT2D eigenvalue weighted by Crippen LogP contribution is 2.35. The lowest BCUT2D eigenvalue weighted by atomic mass is 10.1. The molecule has 1 fully saturated rings. The molecule has 104 valence electrons. The van der Waals surface area contributed by atoms with E-state index in [1.165, 1.54) is 6.07 Å². The van der Waals surface area contributed by atoms with E-state index in [1.807, 2.05) is 5.32 Å². The second-order valence-electron chi connectivity index (χ2n) is 4.37. The minimum absolute atomic E-state index is 0.128. The molecule has 19 heavy (non-hydrogen) atoms. The van der Waals surface area contributed by atoms with Crippen molar-refractivity contribution in [3.8, 4) is 0 Å². The van der Waals surface area contributed by atoms with E-state index >= 15 is 0 Å². The van der Waals surface area contributed by atoms with Crippen LogP contribution in [0.15, 0.2) is 18.2 Å². The average molecular weight is 273 g/mol. The molecule has 1 saturated heterocycles. The Hall–Kier alpha value is -1.92. The Morgan fingerprint density at radius 3 is 2.37 bits per heavy atom. The SMILES string of the molecule is O=C([O-])Nc1cc(N2CCCC2)cc(C(F)(F)F)c1. The van der Waals surface area contributed by atoms with Gasteiger partial charge in [-0.05, 0) is 31.0 Å². The number of amides is 1. The maximum atomic E-state index is 12.8. The molecule has 1 N–H and O–H groups in total. The molecule has 2 rings (SSSR count). The summed E-state index contributed by atoms with van der Waals surface area (Å²) in [6, 6.07) is 3.18. The molecule has 0 spiro atoms.